The van der Waals surface area contributed by atoms with Crippen molar-refractivity contribution in [3.8, 4) is 23.0 Å². The molecule has 2 N–H and O–H groups in total. The van der Waals surface area contributed by atoms with Crippen LogP contribution in [-0.2, 0) is 0 Å². The first kappa shape index (κ1) is 24.0. The second-order valence-electron chi connectivity index (χ2n) is 6.22. The Balaban J connectivity index is 1.86. The van der Waals surface area contributed by atoms with Crippen LogP contribution in [0.1, 0.15) is 0 Å². The van der Waals surface area contributed by atoms with Crippen LogP contribution in [-0.4, -0.2) is 37.7 Å². The molecule has 0 aliphatic carbocycles. The lowest BCUT2D eigenvalue weighted by atomic mass is 10.2. The van der Waals surface area contributed by atoms with Crippen LogP contribution in [0, 0.1) is 5.82 Å². The van der Waals surface area contributed by atoms with Gasteiger partial charge in [0, 0.05) is 5.69 Å². The number of halogens is 5. The second-order valence-corrected chi connectivity index (χ2v) is 6.62. The smallest absolute Gasteiger partial charge is 0.493 e. The predicted molar refractivity (Wildman–Crippen MR) is 113 cm³/mol. The van der Waals surface area contributed by atoms with Gasteiger partial charge in [-0.3, -0.25) is 0 Å². The molecule has 0 fully saturated rings. The lowest BCUT2D eigenvalue weighted by molar-refractivity contribution is -0.274. The van der Waals surface area contributed by atoms with Crippen molar-refractivity contribution >= 4 is 34.7 Å². The van der Waals surface area contributed by atoms with Crippen LogP contribution in [0.15, 0.2) is 36.5 Å². The minimum Gasteiger partial charge on any atom is -0.493 e. The molecule has 176 valence electrons. The van der Waals surface area contributed by atoms with Gasteiger partial charge in [0.25, 0.3) is 0 Å². The third-order valence-electron chi connectivity index (χ3n) is 4.12. The number of hydrogen-bond donors (Lipinski definition) is 2. The van der Waals surface area contributed by atoms with Gasteiger partial charge in [0.05, 0.1) is 38.2 Å². The van der Waals surface area contributed by atoms with Gasteiger partial charge < -0.3 is 29.6 Å². The predicted octanol–water partition coefficient (Wildman–Crippen LogP) is 5.68. The topological polar surface area (TPSA) is 86.8 Å². The first-order valence-corrected chi connectivity index (χ1v) is 9.43. The Morgan fingerprint density at radius 2 is 1.61 bits per heavy atom. The van der Waals surface area contributed by atoms with Crippen LogP contribution in [0.2, 0.25) is 5.02 Å². The van der Waals surface area contributed by atoms with E-state index >= 15 is 0 Å². The van der Waals surface area contributed by atoms with E-state index in [9.17, 15) is 17.6 Å². The second kappa shape index (κ2) is 9.86. The molecule has 0 bridgehead atoms. The molecule has 0 aliphatic rings. The number of nitrogens with zero attached hydrogens (tertiary/aromatic N) is 2. The summed E-state index contributed by atoms with van der Waals surface area (Å²) in [5, 5.41) is 5.19. The minimum absolute atomic E-state index is 0.00691. The highest BCUT2D eigenvalue weighted by atomic mass is 35.5. The third-order valence-corrected chi connectivity index (χ3v) is 4.41. The molecule has 0 amide bonds. The van der Waals surface area contributed by atoms with Crippen LogP contribution in [0.4, 0.5) is 40.7 Å². The number of nitrogens with one attached hydrogen (secondary N) is 2. The van der Waals surface area contributed by atoms with E-state index < -0.39 is 17.9 Å². The summed E-state index contributed by atoms with van der Waals surface area (Å²) in [5.74, 6) is -0.628. The Hall–Kier alpha value is -3.67. The average molecular weight is 489 g/mol. The number of aromatic nitrogens is 2. The van der Waals surface area contributed by atoms with E-state index in [-0.39, 0.29) is 22.5 Å². The summed E-state index contributed by atoms with van der Waals surface area (Å²) in [6.45, 7) is 0. The molecule has 1 aromatic heterocycles. The molecule has 3 aromatic rings. The summed E-state index contributed by atoms with van der Waals surface area (Å²) in [6, 6.07) is 6.59. The van der Waals surface area contributed by atoms with Gasteiger partial charge in [-0.25, -0.2) is 9.37 Å². The molecule has 2 aromatic carbocycles. The Labute approximate surface area is 190 Å². The molecule has 0 spiro atoms. The summed E-state index contributed by atoms with van der Waals surface area (Å²) >= 11 is 5.83. The van der Waals surface area contributed by atoms with Crippen molar-refractivity contribution in [2.45, 2.75) is 6.36 Å². The van der Waals surface area contributed by atoms with Gasteiger partial charge in [0.15, 0.2) is 23.1 Å². The van der Waals surface area contributed by atoms with E-state index in [2.05, 4.69) is 25.3 Å². The molecule has 33 heavy (non-hydrogen) atoms. The monoisotopic (exact) mass is 488 g/mol. The molecule has 0 saturated heterocycles. The quantitative estimate of drug-likeness (QED) is 0.392. The number of anilines is 4. The lowest BCUT2D eigenvalue weighted by Crippen LogP contribution is -2.17. The van der Waals surface area contributed by atoms with E-state index in [1.165, 1.54) is 27.4 Å². The first-order chi connectivity index (χ1) is 15.6. The summed E-state index contributed by atoms with van der Waals surface area (Å²) in [4.78, 5) is 7.94. The van der Waals surface area contributed by atoms with Crippen molar-refractivity contribution in [2.24, 2.45) is 0 Å². The maximum absolute atomic E-state index is 14.3. The minimum atomic E-state index is -4.90. The van der Waals surface area contributed by atoms with Crippen LogP contribution >= 0.6 is 11.6 Å². The zero-order valence-corrected chi connectivity index (χ0v) is 18.1. The fourth-order valence-electron chi connectivity index (χ4n) is 2.76. The summed E-state index contributed by atoms with van der Waals surface area (Å²) < 4.78 is 71.2. The van der Waals surface area contributed by atoms with Gasteiger partial charge in [-0.15, -0.1) is 13.2 Å². The molecule has 3 rings (SSSR count). The molecule has 0 saturated carbocycles. The van der Waals surface area contributed by atoms with Gasteiger partial charge in [-0.2, -0.15) is 4.98 Å². The fraction of sp³-hybridized carbons (Fsp3) is 0.200. The molecular formula is C20H17ClF4N4O4. The Kier molecular flexibility index (Phi) is 7.16. The highest BCUT2D eigenvalue weighted by Gasteiger charge is 2.32. The molecule has 0 unspecified atom stereocenters. The van der Waals surface area contributed by atoms with E-state index in [0.29, 0.717) is 22.9 Å². The fourth-order valence-corrected chi connectivity index (χ4v) is 2.98. The summed E-state index contributed by atoms with van der Waals surface area (Å²) in [5.41, 5.74) is 0.575. The van der Waals surface area contributed by atoms with E-state index in [0.717, 1.165) is 18.3 Å². The molecule has 1 heterocycles. The van der Waals surface area contributed by atoms with Crippen LogP contribution in [0.25, 0.3) is 0 Å². The zero-order valence-electron chi connectivity index (χ0n) is 17.4. The van der Waals surface area contributed by atoms with Gasteiger partial charge in [-0.1, -0.05) is 11.6 Å². The van der Waals surface area contributed by atoms with Crippen molar-refractivity contribution in [1.82, 2.24) is 9.97 Å². The third kappa shape index (κ3) is 5.77. The Morgan fingerprint density at radius 1 is 0.909 bits per heavy atom. The maximum atomic E-state index is 14.3. The van der Waals surface area contributed by atoms with E-state index in [1.54, 1.807) is 12.1 Å². The number of benzene rings is 2. The highest BCUT2D eigenvalue weighted by Crippen LogP contribution is 2.43. The lowest BCUT2D eigenvalue weighted by Gasteiger charge is -2.16. The van der Waals surface area contributed by atoms with Crippen LogP contribution < -0.4 is 29.6 Å². The number of rotatable bonds is 8. The van der Waals surface area contributed by atoms with Crippen molar-refractivity contribution in [3.05, 3.63) is 47.4 Å². The average Bonchev–Trinajstić information content (AvgIpc) is 2.76. The molecule has 0 radical (unpaired) electrons. The Bertz CT molecular complexity index is 1150. The first-order valence-electron chi connectivity index (χ1n) is 9.06. The highest BCUT2D eigenvalue weighted by molar-refractivity contribution is 6.32. The largest absolute Gasteiger partial charge is 0.573 e. The van der Waals surface area contributed by atoms with Gasteiger partial charge in [0.2, 0.25) is 11.7 Å². The number of hydrogen-bond acceptors (Lipinski definition) is 8. The number of ether oxygens (including phenoxy) is 4. The molecular weight excluding hydrogens is 472 g/mol. The molecule has 0 atom stereocenters. The summed E-state index contributed by atoms with van der Waals surface area (Å²) in [7, 11) is 4.34. The molecule has 8 nitrogen and oxygen atoms in total. The van der Waals surface area contributed by atoms with E-state index in [1.807, 2.05) is 0 Å². The maximum Gasteiger partial charge on any atom is 0.573 e. The molecule has 0 aliphatic heterocycles. The van der Waals surface area contributed by atoms with E-state index in [4.69, 9.17) is 25.8 Å². The van der Waals surface area contributed by atoms with Crippen LogP contribution in [0.3, 0.4) is 0 Å². The van der Waals surface area contributed by atoms with Crippen molar-refractivity contribution in [2.75, 3.05) is 32.0 Å². The van der Waals surface area contributed by atoms with Gasteiger partial charge in [-0.05, 0) is 30.3 Å². The van der Waals surface area contributed by atoms with Crippen molar-refractivity contribution in [1.29, 1.82) is 0 Å². The van der Waals surface area contributed by atoms with Crippen molar-refractivity contribution < 1.29 is 36.5 Å². The number of methoxy groups -OCH3 is 3. The normalized spacial score (nSPS) is 11.0. The van der Waals surface area contributed by atoms with Crippen molar-refractivity contribution in [3.63, 3.8) is 0 Å². The zero-order chi connectivity index (χ0) is 24.2. The summed E-state index contributed by atoms with van der Waals surface area (Å²) in [6.07, 6.45) is -3.99. The van der Waals surface area contributed by atoms with Gasteiger partial charge >= 0.3 is 6.36 Å². The standard InChI is InChI=1S/C20H17ClF4N4O4/c1-30-15-7-5-13(16(31-2)17(15)32-3)28-19-26-9-12(22)18(29-19)27-10-4-6-14(11(21)8-10)33-20(23,24)25/h4-9H,1-3H3,(H2,26,27,28,29). The van der Waals surface area contributed by atoms with Crippen LogP contribution in [0.5, 0.6) is 23.0 Å². The van der Waals surface area contributed by atoms with Gasteiger partial charge in [0.1, 0.15) is 5.75 Å². The number of alkyl halides is 3. The molecule has 13 heteroatoms. The Morgan fingerprint density at radius 3 is 2.21 bits per heavy atom. The SMILES string of the molecule is COc1ccc(Nc2ncc(F)c(Nc3ccc(OC(F)(F)F)c(Cl)c3)n2)c(OC)c1OC.